The lowest BCUT2D eigenvalue weighted by atomic mass is 10.2. The molecule has 1 aliphatic heterocycles. The van der Waals surface area contributed by atoms with Gasteiger partial charge in [0.05, 0.1) is 12.5 Å². The highest BCUT2D eigenvalue weighted by atomic mass is 16.2. The van der Waals surface area contributed by atoms with Crippen LogP contribution >= 0.6 is 0 Å². The fraction of sp³-hybridized carbons (Fsp3) is 0.846. The largest absolute Gasteiger partial charge is 0.345 e. The van der Waals surface area contributed by atoms with Crippen molar-refractivity contribution in [2.45, 2.75) is 19.8 Å². The van der Waals surface area contributed by atoms with Crippen molar-refractivity contribution in [2.24, 2.45) is 0 Å². The molecule has 1 heterocycles. The summed E-state index contributed by atoms with van der Waals surface area (Å²) in [4.78, 5) is 18.2. The second kappa shape index (κ2) is 8.06. The zero-order valence-corrected chi connectivity index (χ0v) is 11.6. The molecule has 0 saturated carbocycles. The lowest BCUT2D eigenvalue weighted by Gasteiger charge is -2.34. The molecule has 1 amide bonds. The molecule has 0 N–H and O–H groups in total. The van der Waals surface area contributed by atoms with E-state index in [0.29, 0.717) is 19.4 Å². The number of carbonyl (C=O) groups is 1. The van der Waals surface area contributed by atoms with Gasteiger partial charge < -0.3 is 14.7 Å². The van der Waals surface area contributed by atoms with E-state index in [1.807, 2.05) is 0 Å². The summed E-state index contributed by atoms with van der Waals surface area (Å²) in [5, 5.41) is 8.48. The molecule has 5 heteroatoms. The number of carbonyl (C=O) groups excluding carboxylic acids is 1. The van der Waals surface area contributed by atoms with Crippen molar-refractivity contribution in [1.29, 1.82) is 5.26 Å². The van der Waals surface area contributed by atoms with Crippen molar-refractivity contribution in [2.75, 3.05) is 52.9 Å². The molecular weight excluding hydrogens is 228 g/mol. The lowest BCUT2D eigenvalue weighted by molar-refractivity contribution is -0.130. The molecule has 0 unspecified atom stereocenters. The summed E-state index contributed by atoms with van der Waals surface area (Å²) >= 11 is 0. The molecule has 0 aromatic rings. The Morgan fingerprint density at radius 2 is 1.89 bits per heavy atom. The van der Waals surface area contributed by atoms with Crippen molar-refractivity contribution < 1.29 is 4.79 Å². The van der Waals surface area contributed by atoms with Crippen molar-refractivity contribution in [1.82, 2.24) is 14.7 Å². The summed E-state index contributed by atoms with van der Waals surface area (Å²) in [5.74, 6) is 0.142. The average Bonchev–Trinajstić information content (AvgIpc) is 2.42. The van der Waals surface area contributed by atoms with Crippen LogP contribution in [0.5, 0.6) is 0 Å². The van der Waals surface area contributed by atoms with E-state index in [0.717, 1.165) is 39.3 Å². The van der Waals surface area contributed by atoms with Crippen molar-refractivity contribution in [3.63, 3.8) is 0 Å². The van der Waals surface area contributed by atoms with Crippen LogP contribution in [-0.4, -0.2) is 73.5 Å². The molecule has 0 aromatic carbocycles. The van der Waals surface area contributed by atoms with Crippen LogP contribution in [-0.2, 0) is 4.79 Å². The number of nitrogens with zero attached hydrogens (tertiary/aromatic N) is 4. The smallest absolute Gasteiger partial charge is 0.223 e. The Kier molecular flexibility index (Phi) is 6.69. The van der Waals surface area contributed by atoms with Crippen LogP contribution in [0.25, 0.3) is 0 Å². The minimum absolute atomic E-state index is 0.142. The topological polar surface area (TPSA) is 50.6 Å². The molecule has 0 atom stereocenters. The van der Waals surface area contributed by atoms with Crippen molar-refractivity contribution in [3.05, 3.63) is 0 Å². The number of rotatable bonds is 6. The summed E-state index contributed by atoms with van der Waals surface area (Å²) in [6.07, 6.45) is 0.978. The minimum Gasteiger partial charge on any atom is -0.345 e. The van der Waals surface area contributed by atoms with Crippen LogP contribution in [0, 0.1) is 11.3 Å². The second-order valence-corrected chi connectivity index (χ2v) is 4.75. The minimum atomic E-state index is 0.142. The summed E-state index contributed by atoms with van der Waals surface area (Å²) < 4.78 is 0. The first-order valence-corrected chi connectivity index (χ1v) is 6.73. The Labute approximate surface area is 110 Å². The number of piperazine rings is 1. The molecular formula is C13H24N4O. The first kappa shape index (κ1) is 14.9. The normalized spacial score (nSPS) is 17.4. The van der Waals surface area contributed by atoms with Gasteiger partial charge in [-0.3, -0.25) is 4.79 Å². The fourth-order valence-corrected chi connectivity index (χ4v) is 2.12. The number of nitriles is 1. The highest BCUT2D eigenvalue weighted by Gasteiger charge is 2.17. The van der Waals surface area contributed by atoms with Crippen LogP contribution in [0.1, 0.15) is 19.8 Å². The third-order valence-electron chi connectivity index (χ3n) is 3.54. The van der Waals surface area contributed by atoms with Crippen LogP contribution in [0.15, 0.2) is 0 Å². The maximum Gasteiger partial charge on any atom is 0.223 e. The highest BCUT2D eigenvalue weighted by Crippen LogP contribution is 2.03. The van der Waals surface area contributed by atoms with E-state index in [4.69, 9.17) is 5.26 Å². The first-order valence-electron chi connectivity index (χ1n) is 6.73. The standard InChI is InChI=1S/C13H24N4O/c1-3-16-9-11-17(12-10-16)8-5-13(18)15(2)7-4-6-14/h3-5,7-12H2,1-2H3. The molecule has 5 nitrogen and oxygen atoms in total. The van der Waals surface area contributed by atoms with Gasteiger partial charge in [0.2, 0.25) is 5.91 Å². The molecule has 0 radical (unpaired) electrons. The second-order valence-electron chi connectivity index (χ2n) is 4.75. The Morgan fingerprint density at radius 1 is 1.28 bits per heavy atom. The molecule has 0 aromatic heterocycles. The Bertz CT molecular complexity index is 292. The molecule has 1 saturated heterocycles. The fourth-order valence-electron chi connectivity index (χ4n) is 2.12. The third-order valence-corrected chi connectivity index (χ3v) is 3.54. The van der Waals surface area contributed by atoms with Crippen LogP contribution in [0.3, 0.4) is 0 Å². The molecule has 1 aliphatic rings. The Hall–Kier alpha value is -1.12. The molecule has 0 bridgehead atoms. The van der Waals surface area contributed by atoms with E-state index in [-0.39, 0.29) is 5.91 Å². The predicted molar refractivity (Wildman–Crippen MR) is 71.0 cm³/mol. The molecule has 1 rings (SSSR count). The molecule has 1 fully saturated rings. The molecule has 0 aliphatic carbocycles. The average molecular weight is 252 g/mol. The summed E-state index contributed by atoms with van der Waals surface area (Å²) in [6, 6.07) is 2.06. The Balaban J connectivity index is 2.17. The number of hydrogen-bond donors (Lipinski definition) is 0. The summed E-state index contributed by atoms with van der Waals surface area (Å²) in [5.41, 5.74) is 0. The highest BCUT2D eigenvalue weighted by molar-refractivity contribution is 5.76. The summed E-state index contributed by atoms with van der Waals surface area (Å²) in [7, 11) is 1.77. The van der Waals surface area contributed by atoms with Crippen LogP contribution in [0.2, 0.25) is 0 Å². The van der Waals surface area contributed by atoms with Gasteiger partial charge in [0.1, 0.15) is 0 Å². The van der Waals surface area contributed by atoms with E-state index in [2.05, 4.69) is 22.8 Å². The number of hydrogen-bond acceptors (Lipinski definition) is 4. The van der Waals surface area contributed by atoms with Crippen molar-refractivity contribution >= 4 is 5.91 Å². The summed E-state index contributed by atoms with van der Waals surface area (Å²) in [6.45, 7) is 9.01. The van der Waals surface area contributed by atoms with Gasteiger partial charge in [-0.15, -0.1) is 0 Å². The predicted octanol–water partition coefficient (Wildman–Crippen LogP) is 0.386. The SMILES string of the molecule is CCN1CCN(CCC(=O)N(C)CCC#N)CC1. The molecule has 0 spiro atoms. The van der Waals surface area contributed by atoms with Crippen LogP contribution in [0.4, 0.5) is 0 Å². The maximum absolute atomic E-state index is 11.8. The zero-order valence-electron chi connectivity index (χ0n) is 11.6. The molecule has 102 valence electrons. The number of likely N-dealkylation sites (N-methyl/N-ethyl adjacent to an activating group) is 1. The zero-order chi connectivity index (χ0) is 13.4. The van der Waals surface area contributed by atoms with Gasteiger partial charge in [-0.25, -0.2) is 0 Å². The van der Waals surface area contributed by atoms with E-state index < -0.39 is 0 Å². The van der Waals surface area contributed by atoms with Crippen molar-refractivity contribution in [3.8, 4) is 6.07 Å². The first-order chi connectivity index (χ1) is 8.67. The van der Waals surface area contributed by atoms with E-state index in [1.54, 1.807) is 11.9 Å². The van der Waals surface area contributed by atoms with Gasteiger partial charge >= 0.3 is 0 Å². The van der Waals surface area contributed by atoms with Crippen LogP contribution < -0.4 is 0 Å². The van der Waals surface area contributed by atoms with E-state index >= 15 is 0 Å². The van der Waals surface area contributed by atoms with Gasteiger partial charge in [-0.05, 0) is 6.54 Å². The maximum atomic E-state index is 11.8. The Morgan fingerprint density at radius 3 is 2.44 bits per heavy atom. The van der Waals surface area contributed by atoms with Gasteiger partial charge in [-0.1, -0.05) is 6.92 Å². The quantitative estimate of drug-likeness (QED) is 0.686. The van der Waals surface area contributed by atoms with Gasteiger partial charge in [0, 0.05) is 52.7 Å². The van der Waals surface area contributed by atoms with Gasteiger partial charge in [0.25, 0.3) is 0 Å². The molecule has 18 heavy (non-hydrogen) atoms. The van der Waals surface area contributed by atoms with E-state index in [9.17, 15) is 4.79 Å². The number of amides is 1. The lowest BCUT2D eigenvalue weighted by Crippen LogP contribution is -2.47. The third kappa shape index (κ3) is 5.03. The van der Waals surface area contributed by atoms with Gasteiger partial charge in [0.15, 0.2) is 0 Å². The van der Waals surface area contributed by atoms with E-state index in [1.165, 1.54) is 0 Å². The van der Waals surface area contributed by atoms with Gasteiger partial charge in [-0.2, -0.15) is 5.26 Å². The monoisotopic (exact) mass is 252 g/mol.